The Morgan fingerprint density at radius 3 is 3.00 bits per heavy atom. The van der Waals surface area contributed by atoms with E-state index in [1.165, 1.54) is 0 Å². The van der Waals surface area contributed by atoms with Gasteiger partial charge in [0.15, 0.2) is 0 Å². The molecule has 0 radical (unpaired) electrons. The molecule has 1 rings (SSSR count). The van der Waals surface area contributed by atoms with Crippen LogP contribution in [0.2, 0.25) is 0 Å². The molecule has 1 amide bonds. The van der Waals surface area contributed by atoms with Crippen LogP contribution in [0.3, 0.4) is 0 Å². The summed E-state index contributed by atoms with van der Waals surface area (Å²) >= 11 is 0. The fraction of sp³-hybridized carbons (Fsp3) is 0.909. The van der Waals surface area contributed by atoms with Gasteiger partial charge in [0.05, 0.1) is 6.04 Å². The number of nitrogens with two attached hydrogens (primary N) is 1. The van der Waals surface area contributed by atoms with E-state index in [1.54, 1.807) is 0 Å². The first kappa shape index (κ1) is 12.5. The smallest absolute Gasteiger partial charge is 0.225 e. The lowest BCUT2D eigenvalue weighted by atomic mass is 10.0. The molecule has 0 aromatic heterocycles. The fourth-order valence-corrected chi connectivity index (χ4v) is 2.10. The lowest BCUT2D eigenvalue weighted by molar-refractivity contribution is -0.138. The Morgan fingerprint density at radius 1 is 1.67 bits per heavy atom. The Labute approximate surface area is 92.2 Å². The van der Waals surface area contributed by atoms with Crippen LogP contribution in [0.15, 0.2) is 0 Å². The highest BCUT2D eigenvalue weighted by molar-refractivity contribution is 5.79. The maximum atomic E-state index is 12.1. The number of hydrogen-bond acceptors (Lipinski definition) is 3. The van der Waals surface area contributed by atoms with Crippen molar-refractivity contribution in [1.82, 2.24) is 10.2 Å². The fourth-order valence-electron chi connectivity index (χ4n) is 2.10. The van der Waals surface area contributed by atoms with Crippen molar-refractivity contribution in [3.05, 3.63) is 0 Å². The van der Waals surface area contributed by atoms with Crippen LogP contribution in [0.4, 0.5) is 0 Å². The van der Waals surface area contributed by atoms with Crippen LogP contribution < -0.4 is 11.1 Å². The van der Waals surface area contributed by atoms with Gasteiger partial charge in [-0.1, -0.05) is 20.3 Å². The van der Waals surface area contributed by atoms with Crippen molar-refractivity contribution in [3.63, 3.8) is 0 Å². The molecule has 3 N–H and O–H groups in total. The van der Waals surface area contributed by atoms with Gasteiger partial charge in [0.25, 0.3) is 0 Å². The van der Waals surface area contributed by atoms with Crippen molar-refractivity contribution >= 4 is 5.91 Å². The van der Waals surface area contributed by atoms with Crippen LogP contribution in [-0.2, 0) is 4.79 Å². The molecular weight excluding hydrogens is 190 g/mol. The predicted octanol–water partition coefficient (Wildman–Crippen LogP) is 0.182. The molecule has 4 heteroatoms. The van der Waals surface area contributed by atoms with E-state index < -0.39 is 0 Å². The number of nitrogens with zero attached hydrogens (tertiary/aromatic N) is 1. The number of rotatable bonds is 4. The second-order valence-corrected chi connectivity index (χ2v) is 4.32. The minimum atomic E-state index is 0.141. The average Bonchev–Trinajstić information content (AvgIpc) is 2.28. The van der Waals surface area contributed by atoms with Gasteiger partial charge in [-0.25, -0.2) is 0 Å². The summed E-state index contributed by atoms with van der Waals surface area (Å²) in [5.74, 6) is 0.413. The highest BCUT2D eigenvalue weighted by Gasteiger charge is 2.27. The number of carbonyl (C=O) groups excluding carboxylic acids is 1. The van der Waals surface area contributed by atoms with Gasteiger partial charge in [-0.15, -0.1) is 0 Å². The number of amides is 1. The summed E-state index contributed by atoms with van der Waals surface area (Å²) in [6.07, 6.45) is 2.03. The van der Waals surface area contributed by atoms with Crippen LogP contribution >= 0.6 is 0 Å². The molecule has 0 saturated carbocycles. The van der Waals surface area contributed by atoms with E-state index in [4.69, 9.17) is 5.73 Å². The summed E-state index contributed by atoms with van der Waals surface area (Å²) in [4.78, 5) is 14.1. The molecule has 0 aromatic carbocycles. The Hall–Kier alpha value is -0.610. The maximum Gasteiger partial charge on any atom is 0.225 e. The minimum Gasteiger partial charge on any atom is -0.336 e. The van der Waals surface area contributed by atoms with Crippen LogP contribution in [0.25, 0.3) is 0 Å². The van der Waals surface area contributed by atoms with Gasteiger partial charge in [0, 0.05) is 32.1 Å². The Balaban J connectivity index is 2.55. The lowest BCUT2D eigenvalue weighted by Crippen LogP contribution is -2.57. The third kappa shape index (κ3) is 3.18. The van der Waals surface area contributed by atoms with Gasteiger partial charge in [-0.3, -0.25) is 4.79 Å². The number of hydrogen-bond donors (Lipinski definition) is 2. The van der Waals surface area contributed by atoms with Crippen molar-refractivity contribution in [2.75, 3.05) is 26.2 Å². The average molecular weight is 213 g/mol. The zero-order valence-corrected chi connectivity index (χ0v) is 9.83. The quantitative estimate of drug-likeness (QED) is 0.700. The first-order valence-electron chi connectivity index (χ1n) is 5.92. The maximum absolute atomic E-state index is 12.1. The number of nitrogens with one attached hydrogen (secondary N) is 1. The summed E-state index contributed by atoms with van der Waals surface area (Å²) in [7, 11) is 0. The van der Waals surface area contributed by atoms with E-state index in [-0.39, 0.29) is 17.9 Å². The van der Waals surface area contributed by atoms with Crippen molar-refractivity contribution in [3.8, 4) is 0 Å². The first-order chi connectivity index (χ1) is 7.20. The largest absolute Gasteiger partial charge is 0.336 e. The molecule has 1 aliphatic heterocycles. The summed E-state index contributed by atoms with van der Waals surface area (Å²) < 4.78 is 0. The SMILES string of the molecule is CCCC(C)C(=O)N1CCNCC1CN. The normalized spacial score (nSPS) is 23.9. The summed E-state index contributed by atoms with van der Waals surface area (Å²) in [5, 5.41) is 3.27. The van der Waals surface area contributed by atoms with Gasteiger partial charge in [0.1, 0.15) is 0 Å². The standard InChI is InChI=1S/C11H23N3O/c1-3-4-9(2)11(15)14-6-5-13-8-10(14)7-12/h9-10,13H,3-8,12H2,1-2H3. The molecule has 1 heterocycles. The highest BCUT2D eigenvalue weighted by atomic mass is 16.2. The van der Waals surface area contributed by atoms with Crippen LogP contribution in [0.5, 0.6) is 0 Å². The second kappa shape index (κ2) is 6.08. The molecule has 1 saturated heterocycles. The van der Waals surface area contributed by atoms with Gasteiger partial charge in [0.2, 0.25) is 5.91 Å². The first-order valence-corrected chi connectivity index (χ1v) is 5.92. The summed E-state index contributed by atoms with van der Waals surface area (Å²) in [5.41, 5.74) is 5.67. The third-order valence-corrected chi connectivity index (χ3v) is 3.05. The van der Waals surface area contributed by atoms with Gasteiger partial charge in [-0.2, -0.15) is 0 Å². The molecule has 1 fully saturated rings. The molecule has 88 valence electrons. The molecule has 2 unspecified atom stereocenters. The lowest BCUT2D eigenvalue weighted by Gasteiger charge is -2.37. The summed E-state index contributed by atoms with van der Waals surface area (Å²) in [6.45, 7) is 7.21. The van der Waals surface area contributed by atoms with Gasteiger partial charge < -0.3 is 16.0 Å². The van der Waals surface area contributed by atoms with E-state index >= 15 is 0 Å². The highest BCUT2D eigenvalue weighted by Crippen LogP contribution is 2.13. The van der Waals surface area contributed by atoms with E-state index in [0.717, 1.165) is 32.5 Å². The monoisotopic (exact) mass is 213 g/mol. The zero-order valence-electron chi connectivity index (χ0n) is 9.83. The number of carbonyl (C=O) groups is 1. The molecule has 0 aromatic rings. The molecule has 0 spiro atoms. The Morgan fingerprint density at radius 2 is 2.40 bits per heavy atom. The van der Waals surface area contributed by atoms with Gasteiger partial charge in [-0.05, 0) is 6.42 Å². The second-order valence-electron chi connectivity index (χ2n) is 4.32. The van der Waals surface area contributed by atoms with Crippen LogP contribution in [-0.4, -0.2) is 43.0 Å². The molecule has 4 nitrogen and oxygen atoms in total. The topological polar surface area (TPSA) is 58.4 Å². The van der Waals surface area contributed by atoms with Crippen molar-refractivity contribution in [2.45, 2.75) is 32.7 Å². The number of piperazine rings is 1. The van der Waals surface area contributed by atoms with Crippen molar-refractivity contribution in [2.24, 2.45) is 11.7 Å². The van der Waals surface area contributed by atoms with E-state index in [2.05, 4.69) is 12.2 Å². The van der Waals surface area contributed by atoms with E-state index in [0.29, 0.717) is 6.54 Å². The van der Waals surface area contributed by atoms with Crippen LogP contribution in [0.1, 0.15) is 26.7 Å². The van der Waals surface area contributed by atoms with E-state index in [9.17, 15) is 4.79 Å². The Bertz CT molecular complexity index is 208. The zero-order chi connectivity index (χ0) is 11.3. The predicted molar refractivity (Wildman–Crippen MR) is 61.5 cm³/mol. The molecule has 1 aliphatic rings. The van der Waals surface area contributed by atoms with Crippen LogP contribution in [0, 0.1) is 5.92 Å². The summed E-state index contributed by atoms with van der Waals surface area (Å²) in [6, 6.07) is 0.186. The molecular formula is C11H23N3O. The molecule has 0 bridgehead atoms. The van der Waals surface area contributed by atoms with Crippen molar-refractivity contribution in [1.29, 1.82) is 0 Å². The molecule has 2 atom stereocenters. The Kier molecular flexibility index (Phi) is 5.05. The minimum absolute atomic E-state index is 0.141. The molecule has 15 heavy (non-hydrogen) atoms. The third-order valence-electron chi connectivity index (χ3n) is 3.05. The van der Waals surface area contributed by atoms with Crippen molar-refractivity contribution < 1.29 is 4.79 Å². The van der Waals surface area contributed by atoms with Gasteiger partial charge >= 0.3 is 0 Å². The molecule has 0 aliphatic carbocycles. The van der Waals surface area contributed by atoms with E-state index in [1.807, 2.05) is 11.8 Å².